The summed E-state index contributed by atoms with van der Waals surface area (Å²) in [6.45, 7) is 1.79. The van der Waals surface area contributed by atoms with Crippen LogP contribution in [0.2, 0.25) is 0 Å². The Morgan fingerprint density at radius 1 is 1.39 bits per heavy atom. The average Bonchev–Trinajstić information content (AvgIpc) is 3.00. The van der Waals surface area contributed by atoms with Crippen molar-refractivity contribution in [3.63, 3.8) is 0 Å². The summed E-state index contributed by atoms with van der Waals surface area (Å²) >= 11 is 2.97. The van der Waals surface area contributed by atoms with E-state index < -0.39 is 17.5 Å². The largest absolute Gasteiger partial charge is 0.506 e. The van der Waals surface area contributed by atoms with Crippen molar-refractivity contribution < 1.29 is 18.3 Å². The fourth-order valence-corrected chi connectivity index (χ4v) is 2.70. The molecule has 0 aromatic heterocycles. The molecule has 0 heterocycles. The number of hydrogen-bond donors (Lipinski definition) is 2. The fraction of sp³-hybridized carbons (Fsp3) is 0.500. The molecule has 0 saturated heterocycles. The Hall–Kier alpha value is -0.750. The van der Waals surface area contributed by atoms with Crippen molar-refractivity contribution in [2.45, 2.75) is 37.4 Å². The van der Waals surface area contributed by atoms with Gasteiger partial charge in [-0.1, -0.05) is 0 Å². The average molecular weight is 324 g/mol. The van der Waals surface area contributed by atoms with Crippen LogP contribution in [0.1, 0.15) is 30.9 Å². The van der Waals surface area contributed by atoms with E-state index in [1.807, 2.05) is 0 Å². The third-order valence-corrected chi connectivity index (χ3v) is 4.21. The summed E-state index contributed by atoms with van der Waals surface area (Å²) in [7, 11) is 0. The van der Waals surface area contributed by atoms with Crippen molar-refractivity contribution in [1.29, 1.82) is 0 Å². The lowest BCUT2D eigenvalue weighted by atomic mass is 9.88. The normalized spacial score (nSPS) is 19.7. The van der Waals surface area contributed by atoms with Gasteiger partial charge in [-0.3, -0.25) is 0 Å². The molecule has 3 N–H and O–H groups in total. The molecular weight excluding hydrogens is 311 g/mol. The highest BCUT2D eigenvalue weighted by atomic mass is 79.9. The molecule has 1 aromatic rings. The Morgan fingerprint density at radius 3 is 2.33 bits per heavy atom. The van der Waals surface area contributed by atoms with E-state index in [4.69, 9.17) is 5.73 Å². The highest BCUT2D eigenvalue weighted by molar-refractivity contribution is 9.10. The summed E-state index contributed by atoms with van der Waals surface area (Å²) in [5.41, 5.74) is 5.00. The molecule has 0 spiro atoms. The highest BCUT2D eigenvalue weighted by Gasteiger charge is 2.49. The lowest BCUT2D eigenvalue weighted by Crippen LogP contribution is -2.31. The molecule has 100 valence electrons. The van der Waals surface area contributed by atoms with Crippen LogP contribution in [0.4, 0.5) is 13.2 Å². The molecule has 0 amide bonds. The topological polar surface area (TPSA) is 46.2 Å². The Kier molecular flexibility index (Phi) is 3.14. The maximum absolute atomic E-state index is 12.8. The van der Waals surface area contributed by atoms with Crippen molar-refractivity contribution in [3.8, 4) is 5.75 Å². The van der Waals surface area contributed by atoms with Gasteiger partial charge in [-0.15, -0.1) is 0 Å². The van der Waals surface area contributed by atoms with Crippen molar-refractivity contribution in [2.75, 3.05) is 0 Å². The van der Waals surface area contributed by atoms with Gasteiger partial charge in [0.25, 0.3) is 0 Å². The molecule has 1 saturated carbocycles. The molecule has 18 heavy (non-hydrogen) atoms. The molecule has 1 aliphatic carbocycles. The zero-order chi connectivity index (χ0) is 13.7. The molecule has 1 aliphatic rings. The van der Waals surface area contributed by atoms with Gasteiger partial charge in [0.15, 0.2) is 0 Å². The van der Waals surface area contributed by atoms with E-state index in [9.17, 15) is 18.3 Å². The molecule has 0 radical (unpaired) electrons. The Labute approximate surface area is 111 Å². The van der Waals surface area contributed by atoms with E-state index in [2.05, 4.69) is 15.9 Å². The van der Waals surface area contributed by atoms with Crippen molar-refractivity contribution in [2.24, 2.45) is 5.73 Å². The summed E-state index contributed by atoms with van der Waals surface area (Å²) in [5.74, 6) is -0.772. The molecule has 1 aromatic carbocycles. The number of rotatable bonds is 2. The first kappa shape index (κ1) is 13.7. The van der Waals surface area contributed by atoms with Gasteiger partial charge in [0.1, 0.15) is 5.75 Å². The molecule has 6 heteroatoms. The van der Waals surface area contributed by atoms with E-state index in [0.29, 0.717) is 5.56 Å². The third kappa shape index (κ3) is 2.12. The smallest absolute Gasteiger partial charge is 0.420 e. The number of aromatic hydroxyl groups is 1. The minimum absolute atomic E-state index is 0.0549. The summed E-state index contributed by atoms with van der Waals surface area (Å²) in [6, 6.07) is 2.33. The van der Waals surface area contributed by atoms with Crippen LogP contribution in [-0.4, -0.2) is 11.1 Å². The summed E-state index contributed by atoms with van der Waals surface area (Å²) in [4.78, 5) is 0. The SMILES string of the molecule is CC(N)C1(c2cc(Br)c(O)c(C(F)(F)F)c2)CC1. The first-order valence-corrected chi connectivity index (χ1v) is 6.33. The second kappa shape index (κ2) is 4.13. The standard InChI is InChI=1S/C12H13BrF3NO/c1-6(17)11(2-3-11)7-4-8(12(14,15)16)10(18)9(13)5-7/h4-6,18H,2-3,17H2,1H3. The molecule has 1 fully saturated rings. The number of benzene rings is 1. The number of hydrogen-bond acceptors (Lipinski definition) is 2. The Balaban J connectivity index is 2.56. The summed E-state index contributed by atoms with van der Waals surface area (Å²) in [6.07, 6.45) is -3.02. The zero-order valence-electron chi connectivity index (χ0n) is 9.68. The van der Waals surface area contributed by atoms with Gasteiger partial charge in [0.05, 0.1) is 10.0 Å². The van der Waals surface area contributed by atoms with Gasteiger partial charge in [-0.2, -0.15) is 13.2 Å². The molecule has 1 unspecified atom stereocenters. The maximum Gasteiger partial charge on any atom is 0.420 e. The Bertz CT molecular complexity index is 481. The van der Waals surface area contributed by atoms with Crippen LogP contribution in [0.15, 0.2) is 16.6 Å². The predicted molar refractivity (Wildman–Crippen MR) is 65.4 cm³/mol. The molecule has 2 nitrogen and oxygen atoms in total. The lowest BCUT2D eigenvalue weighted by molar-refractivity contribution is -0.138. The zero-order valence-corrected chi connectivity index (χ0v) is 11.3. The van der Waals surface area contributed by atoms with Crippen molar-refractivity contribution in [1.82, 2.24) is 0 Å². The van der Waals surface area contributed by atoms with Crippen molar-refractivity contribution >= 4 is 15.9 Å². The van der Waals surface area contributed by atoms with Crippen LogP contribution in [0.25, 0.3) is 0 Å². The van der Waals surface area contributed by atoms with Crippen molar-refractivity contribution in [3.05, 3.63) is 27.7 Å². The maximum atomic E-state index is 12.8. The summed E-state index contributed by atoms with van der Waals surface area (Å²) in [5, 5.41) is 9.48. The highest BCUT2D eigenvalue weighted by Crippen LogP contribution is 2.53. The molecule has 1 atom stereocenters. The molecule has 0 bridgehead atoms. The van der Waals surface area contributed by atoms with E-state index in [-0.39, 0.29) is 15.9 Å². The van der Waals surface area contributed by atoms with E-state index in [1.165, 1.54) is 6.07 Å². The van der Waals surface area contributed by atoms with Gasteiger partial charge >= 0.3 is 6.18 Å². The van der Waals surface area contributed by atoms with Gasteiger partial charge in [-0.25, -0.2) is 0 Å². The van der Waals surface area contributed by atoms with Crippen LogP contribution in [0, 0.1) is 0 Å². The second-order valence-corrected chi connectivity index (χ2v) is 5.65. The van der Waals surface area contributed by atoms with Crippen LogP contribution in [0.3, 0.4) is 0 Å². The van der Waals surface area contributed by atoms with Gasteiger partial charge in [0.2, 0.25) is 0 Å². The minimum Gasteiger partial charge on any atom is -0.506 e. The van der Waals surface area contributed by atoms with Crippen LogP contribution < -0.4 is 5.73 Å². The summed E-state index contributed by atoms with van der Waals surface area (Å²) < 4.78 is 38.5. The van der Waals surface area contributed by atoms with E-state index in [1.54, 1.807) is 6.92 Å². The van der Waals surface area contributed by atoms with Gasteiger partial charge < -0.3 is 10.8 Å². The lowest BCUT2D eigenvalue weighted by Gasteiger charge is -2.22. The molecule has 0 aliphatic heterocycles. The number of phenolic OH excluding ortho intramolecular Hbond substituents is 1. The van der Waals surface area contributed by atoms with Gasteiger partial charge in [0, 0.05) is 11.5 Å². The number of halogens is 4. The fourth-order valence-electron chi connectivity index (χ4n) is 2.24. The van der Waals surface area contributed by atoms with Crippen LogP contribution >= 0.6 is 15.9 Å². The first-order chi connectivity index (χ1) is 8.18. The predicted octanol–water partition coefficient (Wildman–Crippen LogP) is 3.55. The minimum atomic E-state index is -4.57. The van der Waals surface area contributed by atoms with Crippen LogP contribution in [0.5, 0.6) is 5.75 Å². The Morgan fingerprint density at radius 2 is 1.94 bits per heavy atom. The van der Waals surface area contributed by atoms with Gasteiger partial charge in [-0.05, 0) is 53.4 Å². The molecular formula is C12H13BrF3NO. The molecule has 2 rings (SSSR count). The number of alkyl halides is 3. The first-order valence-electron chi connectivity index (χ1n) is 5.54. The van der Waals surface area contributed by atoms with E-state index in [0.717, 1.165) is 18.9 Å². The third-order valence-electron chi connectivity index (χ3n) is 3.60. The van der Waals surface area contributed by atoms with Crippen LogP contribution in [-0.2, 0) is 11.6 Å². The second-order valence-electron chi connectivity index (χ2n) is 4.80. The monoisotopic (exact) mass is 323 g/mol. The quantitative estimate of drug-likeness (QED) is 0.874. The number of phenols is 1. The van der Waals surface area contributed by atoms with E-state index >= 15 is 0 Å². The number of nitrogens with two attached hydrogens (primary N) is 1.